The van der Waals surface area contributed by atoms with E-state index in [-0.39, 0.29) is 0 Å². The number of nitrogens with zero attached hydrogens (tertiary/aromatic N) is 1. The van der Waals surface area contributed by atoms with Crippen molar-refractivity contribution in [1.82, 2.24) is 4.98 Å². The van der Waals surface area contributed by atoms with Gasteiger partial charge in [-0.15, -0.1) is 0 Å². The van der Waals surface area contributed by atoms with E-state index in [0.29, 0.717) is 0 Å². The van der Waals surface area contributed by atoms with Crippen molar-refractivity contribution in [3.8, 4) is 0 Å². The molecule has 0 radical (unpaired) electrons. The molecule has 0 amide bonds. The van der Waals surface area contributed by atoms with E-state index in [1.165, 1.54) is 0 Å². The Morgan fingerprint density at radius 1 is 0.938 bits per heavy atom. The van der Waals surface area contributed by atoms with Crippen LogP contribution in [-0.4, -0.2) is 4.98 Å². The SMILES string of the molecule is NC1(c2ccncc2)Nc2ccccc2N1. The minimum absolute atomic E-state index is 0.743. The fraction of sp³-hybridized carbons (Fsp3) is 0.0833. The lowest BCUT2D eigenvalue weighted by atomic mass is 10.1. The molecule has 1 aliphatic heterocycles. The van der Waals surface area contributed by atoms with Gasteiger partial charge in [0.2, 0.25) is 0 Å². The van der Waals surface area contributed by atoms with Gasteiger partial charge in [0.05, 0.1) is 11.4 Å². The van der Waals surface area contributed by atoms with Crippen LogP contribution in [0.1, 0.15) is 5.56 Å². The first-order chi connectivity index (χ1) is 7.78. The van der Waals surface area contributed by atoms with E-state index in [1.54, 1.807) is 12.4 Å². The molecule has 0 saturated carbocycles. The van der Waals surface area contributed by atoms with Crippen molar-refractivity contribution in [2.75, 3.05) is 10.6 Å². The molecule has 0 aliphatic carbocycles. The highest BCUT2D eigenvalue weighted by Gasteiger charge is 2.33. The van der Waals surface area contributed by atoms with Gasteiger partial charge in [-0.3, -0.25) is 10.7 Å². The Bertz CT molecular complexity index is 484. The lowest BCUT2D eigenvalue weighted by Crippen LogP contribution is -2.47. The van der Waals surface area contributed by atoms with Crippen LogP contribution in [-0.2, 0) is 5.79 Å². The Morgan fingerprint density at radius 2 is 1.50 bits per heavy atom. The van der Waals surface area contributed by atoms with E-state index in [2.05, 4.69) is 15.6 Å². The number of nitrogens with one attached hydrogen (secondary N) is 2. The highest BCUT2D eigenvalue weighted by Crippen LogP contribution is 2.35. The number of hydrogen-bond acceptors (Lipinski definition) is 4. The predicted octanol–water partition coefficient (Wildman–Crippen LogP) is 1.69. The van der Waals surface area contributed by atoms with Crippen molar-refractivity contribution >= 4 is 11.4 Å². The second-order valence-corrected chi connectivity index (χ2v) is 3.84. The fourth-order valence-electron chi connectivity index (χ4n) is 1.92. The Hall–Kier alpha value is -2.07. The highest BCUT2D eigenvalue weighted by molar-refractivity contribution is 5.76. The molecule has 4 heteroatoms. The molecule has 2 heterocycles. The van der Waals surface area contributed by atoms with E-state index >= 15 is 0 Å². The largest absolute Gasteiger partial charge is 0.345 e. The average Bonchev–Trinajstić information content (AvgIpc) is 2.68. The molecule has 0 fully saturated rings. The smallest absolute Gasteiger partial charge is 0.189 e. The zero-order valence-electron chi connectivity index (χ0n) is 8.64. The summed E-state index contributed by atoms with van der Waals surface area (Å²) in [4.78, 5) is 3.99. The normalized spacial score (nSPS) is 16.1. The van der Waals surface area contributed by atoms with E-state index in [4.69, 9.17) is 5.73 Å². The molecule has 80 valence electrons. The van der Waals surface area contributed by atoms with Gasteiger partial charge in [-0.25, -0.2) is 0 Å². The number of rotatable bonds is 1. The third kappa shape index (κ3) is 1.31. The molecule has 0 spiro atoms. The third-order valence-corrected chi connectivity index (χ3v) is 2.73. The van der Waals surface area contributed by atoms with Gasteiger partial charge in [-0.1, -0.05) is 12.1 Å². The minimum atomic E-state index is -0.743. The van der Waals surface area contributed by atoms with Crippen LogP contribution in [0.3, 0.4) is 0 Å². The molecule has 0 bridgehead atoms. The van der Waals surface area contributed by atoms with Crippen molar-refractivity contribution in [1.29, 1.82) is 0 Å². The zero-order chi connectivity index (χ0) is 11.0. The molecule has 4 nitrogen and oxygen atoms in total. The van der Waals surface area contributed by atoms with Crippen molar-refractivity contribution in [3.63, 3.8) is 0 Å². The van der Waals surface area contributed by atoms with E-state index in [0.717, 1.165) is 16.9 Å². The number of anilines is 2. The van der Waals surface area contributed by atoms with Crippen molar-refractivity contribution in [3.05, 3.63) is 54.4 Å². The summed E-state index contributed by atoms with van der Waals surface area (Å²) in [6, 6.07) is 11.7. The summed E-state index contributed by atoms with van der Waals surface area (Å²) in [5, 5.41) is 6.53. The van der Waals surface area contributed by atoms with Crippen LogP contribution in [0, 0.1) is 0 Å². The molecule has 3 rings (SSSR count). The van der Waals surface area contributed by atoms with E-state index in [9.17, 15) is 0 Å². The Labute approximate surface area is 93.5 Å². The molecule has 0 atom stereocenters. The quantitative estimate of drug-likeness (QED) is 0.673. The van der Waals surface area contributed by atoms with Gasteiger partial charge in [0, 0.05) is 18.0 Å². The maximum atomic E-state index is 6.28. The highest BCUT2D eigenvalue weighted by atomic mass is 15.3. The van der Waals surface area contributed by atoms with Gasteiger partial charge < -0.3 is 10.6 Å². The lowest BCUT2D eigenvalue weighted by molar-refractivity contribution is 0.611. The molecule has 0 unspecified atom stereocenters. The monoisotopic (exact) mass is 212 g/mol. The zero-order valence-corrected chi connectivity index (χ0v) is 8.64. The Balaban J connectivity index is 2.01. The molecule has 1 aliphatic rings. The second kappa shape index (κ2) is 3.21. The Kier molecular flexibility index (Phi) is 1.84. The van der Waals surface area contributed by atoms with Crippen LogP contribution in [0.5, 0.6) is 0 Å². The maximum absolute atomic E-state index is 6.28. The number of aromatic nitrogens is 1. The molecular weight excluding hydrogens is 200 g/mol. The van der Waals surface area contributed by atoms with Crippen LogP contribution in [0.15, 0.2) is 48.8 Å². The number of hydrogen-bond donors (Lipinski definition) is 3. The summed E-state index contributed by atoms with van der Waals surface area (Å²) >= 11 is 0. The molecule has 0 saturated heterocycles. The number of nitrogens with two attached hydrogens (primary N) is 1. The standard InChI is InChI=1S/C12H12N4/c13-12(9-5-7-14-8-6-9)15-10-3-1-2-4-11(10)16-12/h1-8,15-16H,13H2. The first-order valence-electron chi connectivity index (χ1n) is 5.13. The average molecular weight is 212 g/mol. The number of benzene rings is 1. The predicted molar refractivity (Wildman–Crippen MR) is 63.8 cm³/mol. The molecule has 16 heavy (non-hydrogen) atoms. The topological polar surface area (TPSA) is 63.0 Å². The van der Waals surface area contributed by atoms with Gasteiger partial charge in [-0.2, -0.15) is 0 Å². The molecule has 2 aromatic rings. The van der Waals surface area contributed by atoms with Gasteiger partial charge >= 0.3 is 0 Å². The molecular formula is C12H12N4. The van der Waals surface area contributed by atoms with E-state index < -0.39 is 5.79 Å². The minimum Gasteiger partial charge on any atom is -0.345 e. The number of fused-ring (bicyclic) bond motifs is 1. The molecule has 1 aromatic heterocycles. The van der Waals surface area contributed by atoms with Gasteiger partial charge in [0.15, 0.2) is 5.79 Å². The molecule has 4 N–H and O–H groups in total. The summed E-state index contributed by atoms with van der Waals surface area (Å²) in [7, 11) is 0. The van der Waals surface area contributed by atoms with Crippen LogP contribution < -0.4 is 16.4 Å². The van der Waals surface area contributed by atoms with Crippen molar-refractivity contribution in [2.24, 2.45) is 5.73 Å². The second-order valence-electron chi connectivity index (χ2n) is 3.84. The van der Waals surface area contributed by atoms with E-state index in [1.807, 2.05) is 36.4 Å². The summed E-state index contributed by atoms with van der Waals surface area (Å²) in [6.45, 7) is 0. The fourth-order valence-corrected chi connectivity index (χ4v) is 1.92. The summed E-state index contributed by atoms with van der Waals surface area (Å²) in [6.07, 6.45) is 3.46. The first-order valence-corrected chi connectivity index (χ1v) is 5.13. The first kappa shape index (κ1) is 9.18. The summed E-state index contributed by atoms with van der Waals surface area (Å²) in [5.41, 5.74) is 9.27. The van der Waals surface area contributed by atoms with Gasteiger partial charge in [0.1, 0.15) is 0 Å². The van der Waals surface area contributed by atoms with Crippen LogP contribution in [0.2, 0.25) is 0 Å². The molecule has 1 aromatic carbocycles. The third-order valence-electron chi connectivity index (χ3n) is 2.73. The maximum Gasteiger partial charge on any atom is 0.189 e. The van der Waals surface area contributed by atoms with Crippen LogP contribution in [0.4, 0.5) is 11.4 Å². The lowest BCUT2D eigenvalue weighted by Gasteiger charge is -2.26. The van der Waals surface area contributed by atoms with Crippen LogP contribution in [0.25, 0.3) is 0 Å². The Morgan fingerprint density at radius 3 is 2.06 bits per heavy atom. The summed E-state index contributed by atoms with van der Waals surface area (Å²) < 4.78 is 0. The number of pyridine rings is 1. The van der Waals surface area contributed by atoms with Crippen molar-refractivity contribution in [2.45, 2.75) is 5.79 Å². The van der Waals surface area contributed by atoms with Crippen molar-refractivity contribution < 1.29 is 0 Å². The number of para-hydroxylation sites is 2. The van der Waals surface area contributed by atoms with Gasteiger partial charge in [0.25, 0.3) is 0 Å². The van der Waals surface area contributed by atoms with Gasteiger partial charge in [-0.05, 0) is 24.3 Å². The summed E-state index contributed by atoms with van der Waals surface area (Å²) in [5.74, 6) is -0.743. The van der Waals surface area contributed by atoms with Crippen LogP contribution >= 0.6 is 0 Å².